The zero-order valence-corrected chi connectivity index (χ0v) is 25.1. The smallest absolute Gasteiger partial charge is 0.287 e. The van der Waals surface area contributed by atoms with Crippen LogP contribution in [0, 0.1) is 17.2 Å². The third-order valence-electron chi connectivity index (χ3n) is 8.57. The van der Waals surface area contributed by atoms with Crippen LogP contribution in [0.2, 0.25) is 0 Å². The minimum Gasteiger partial charge on any atom is -0.487 e. The van der Waals surface area contributed by atoms with Crippen LogP contribution in [-0.2, 0) is 11.3 Å². The molecule has 14 heteroatoms. The third kappa shape index (κ3) is 6.48. The molecular weight excluding hydrogens is 562 g/mol. The molecule has 1 aliphatic heterocycles. The number of ether oxygens (including phenoxy) is 2. The molecule has 14 nitrogen and oxygen atoms in total. The van der Waals surface area contributed by atoms with E-state index in [1.807, 2.05) is 23.9 Å². The molecule has 3 atom stereocenters. The van der Waals surface area contributed by atoms with E-state index in [9.17, 15) is 10.1 Å². The van der Waals surface area contributed by atoms with Crippen molar-refractivity contribution in [3.63, 3.8) is 0 Å². The maximum atomic E-state index is 12.8. The van der Waals surface area contributed by atoms with Crippen molar-refractivity contribution in [3.8, 4) is 22.9 Å². The van der Waals surface area contributed by atoms with Gasteiger partial charge in [-0.05, 0) is 80.5 Å². The van der Waals surface area contributed by atoms with Gasteiger partial charge in [0.1, 0.15) is 29.9 Å². The molecule has 44 heavy (non-hydrogen) atoms. The van der Waals surface area contributed by atoms with Crippen molar-refractivity contribution in [3.05, 3.63) is 59.0 Å². The minimum absolute atomic E-state index is 0.149. The lowest BCUT2D eigenvalue weighted by molar-refractivity contribution is -0.138. The number of rotatable bonds is 9. The molecule has 0 spiro atoms. The number of anilines is 2. The van der Waals surface area contributed by atoms with Gasteiger partial charge in [-0.15, -0.1) is 5.10 Å². The zero-order valence-electron chi connectivity index (χ0n) is 25.1. The fraction of sp³-hybridized carbons (Fsp3) is 0.500. The quantitative estimate of drug-likeness (QED) is 0.258. The monoisotopic (exact) mass is 599 g/mol. The average Bonchev–Trinajstić information content (AvgIpc) is 3.67. The van der Waals surface area contributed by atoms with E-state index in [1.54, 1.807) is 29.2 Å². The highest BCUT2D eigenvalue weighted by molar-refractivity contribution is 5.66. The molecule has 0 amide bonds. The molecule has 1 unspecified atom stereocenters. The van der Waals surface area contributed by atoms with E-state index in [-0.39, 0.29) is 29.4 Å². The first-order valence-corrected chi connectivity index (χ1v) is 15.0. The number of nitriles is 1. The molecule has 2 fully saturated rings. The van der Waals surface area contributed by atoms with Crippen molar-refractivity contribution in [2.75, 3.05) is 18.4 Å². The molecule has 0 bridgehead atoms. The van der Waals surface area contributed by atoms with Crippen LogP contribution in [0.1, 0.15) is 58.1 Å². The molecule has 230 valence electrons. The molecule has 1 saturated heterocycles. The highest BCUT2D eigenvalue weighted by Gasteiger charge is 2.41. The van der Waals surface area contributed by atoms with E-state index in [0.717, 1.165) is 49.9 Å². The summed E-state index contributed by atoms with van der Waals surface area (Å²) in [5.41, 5.74) is 1.97. The molecule has 2 aliphatic rings. The molecule has 1 aliphatic carbocycles. The van der Waals surface area contributed by atoms with Crippen molar-refractivity contribution >= 4 is 11.6 Å². The number of hydrogen-bond acceptors (Lipinski definition) is 11. The first kappa shape index (κ1) is 29.5. The second-order valence-electron chi connectivity index (χ2n) is 12.0. The fourth-order valence-corrected chi connectivity index (χ4v) is 6.30. The van der Waals surface area contributed by atoms with Crippen LogP contribution in [0.25, 0.3) is 11.1 Å². The van der Waals surface area contributed by atoms with Gasteiger partial charge in [0.25, 0.3) is 5.56 Å². The van der Waals surface area contributed by atoms with Gasteiger partial charge in [0, 0.05) is 37.1 Å². The largest absolute Gasteiger partial charge is 0.487 e. The summed E-state index contributed by atoms with van der Waals surface area (Å²) in [4.78, 5) is 21.7. The molecule has 3 aromatic heterocycles. The van der Waals surface area contributed by atoms with E-state index in [2.05, 4.69) is 61.1 Å². The SMILES string of the molecule is CC(Cn1cnnn1)Oc1cc(-c2cnc(Nc3cn(C4CCC([C@@]5(C)CNC[C@@H](C)O5)CC4)[nH]c3=O)nc2)ccc1C#N. The molecule has 3 N–H and O–H groups in total. The molecule has 4 aromatic rings. The summed E-state index contributed by atoms with van der Waals surface area (Å²) in [6.45, 7) is 8.42. The number of aromatic amines is 1. The second-order valence-corrected chi connectivity index (χ2v) is 12.0. The van der Waals surface area contributed by atoms with Gasteiger partial charge in [0.05, 0.1) is 30.0 Å². The Kier molecular flexibility index (Phi) is 8.40. The van der Waals surface area contributed by atoms with Gasteiger partial charge in [0.2, 0.25) is 5.95 Å². The number of hydrogen-bond donors (Lipinski definition) is 3. The highest BCUT2D eigenvalue weighted by atomic mass is 16.5. The fourth-order valence-electron chi connectivity index (χ4n) is 6.30. The Morgan fingerprint density at radius 3 is 2.73 bits per heavy atom. The number of benzene rings is 1. The van der Waals surface area contributed by atoms with Crippen LogP contribution < -0.4 is 20.9 Å². The number of nitrogens with one attached hydrogen (secondary N) is 3. The predicted molar refractivity (Wildman–Crippen MR) is 161 cm³/mol. The molecule has 4 heterocycles. The molecule has 6 rings (SSSR count). The summed E-state index contributed by atoms with van der Waals surface area (Å²) in [6.07, 6.45) is 10.6. The third-order valence-corrected chi connectivity index (χ3v) is 8.57. The Bertz CT molecular complexity index is 1650. The van der Waals surface area contributed by atoms with Crippen LogP contribution >= 0.6 is 0 Å². The lowest BCUT2D eigenvalue weighted by Crippen LogP contribution is -2.55. The van der Waals surface area contributed by atoms with Gasteiger partial charge in [-0.1, -0.05) is 6.07 Å². The van der Waals surface area contributed by atoms with Crippen molar-refractivity contribution in [2.24, 2.45) is 5.92 Å². The Hall–Kier alpha value is -4.61. The summed E-state index contributed by atoms with van der Waals surface area (Å²) < 4.78 is 15.9. The summed E-state index contributed by atoms with van der Waals surface area (Å²) in [6, 6.07) is 7.71. The Labute approximate surface area is 254 Å². The predicted octanol–water partition coefficient (Wildman–Crippen LogP) is 3.20. The molecule has 1 saturated carbocycles. The van der Waals surface area contributed by atoms with Gasteiger partial charge in [-0.3, -0.25) is 14.6 Å². The standard InChI is InChI=1S/C30H37N11O3/c1-19-12-32-17-30(3,44-19)24-6-8-25(9-7-24)41-16-26(28(42)37-41)36-29-33-13-23(14-34-29)21-4-5-22(11-31)27(10-21)43-20(2)15-40-18-35-38-39-40/h4-5,10,13-14,16,18-20,24-25,32H,6-9,12,15,17H2,1-3H3,(H,37,42)(H,33,34,36)/t19-,20?,24?,25?,30-/m1/s1. The lowest BCUT2D eigenvalue weighted by atomic mass is 9.75. The van der Waals surface area contributed by atoms with Gasteiger partial charge < -0.3 is 20.1 Å². The van der Waals surface area contributed by atoms with Crippen LogP contribution in [0.5, 0.6) is 5.75 Å². The maximum Gasteiger partial charge on any atom is 0.287 e. The first-order chi connectivity index (χ1) is 21.3. The van der Waals surface area contributed by atoms with E-state index < -0.39 is 0 Å². The number of morpholine rings is 1. The average molecular weight is 600 g/mol. The zero-order chi connectivity index (χ0) is 30.7. The van der Waals surface area contributed by atoms with Gasteiger partial charge in [-0.25, -0.2) is 14.6 Å². The Morgan fingerprint density at radius 2 is 2.02 bits per heavy atom. The minimum atomic E-state index is -0.278. The Balaban J connectivity index is 1.09. The molecular formula is C30H37N11O3. The van der Waals surface area contributed by atoms with Crippen molar-refractivity contribution in [1.29, 1.82) is 5.26 Å². The van der Waals surface area contributed by atoms with Crippen LogP contribution in [0.15, 0.2) is 47.9 Å². The first-order valence-electron chi connectivity index (χ1n) is 15.0. The topological polar surface area (TPSA) is 173 Å². The molecule has 0 radical (unpaired) electrons. The number of H-pyrrole nitrogens is 1. The van der Waals surface area contributed by atoms with Crippen molar-refractivity contribution < 1.29 is 9.47 Å². The van der Waals surface area contributed by atoms with Gasteiger partial charge in [0.15, 0.2) is 0 Å². The number of aromatic nitrogens is 8. The van der Waals surface area contributed by atoms with Crippen LogP contribution in [0.4, 0.5) is 11.6 Å². The van der Waals surface area contributed by atoms with Crippen molar-refractivity contribution in [1.82, 2.24) is 45.3 Å². The van der Waals surface area contributed by atoms with Crippen molar-refractivity contribution in [2.45, 2.75) is 76.9 Å². The maximum absolute atomic E-state index is 12.8. The summed E-state index contributed by atoms with van der Waals surface area (Å²) >= 11 is 0. The van der Waals surface area contributed by atoms with E-state index in [0.29, 0.717) is 35.4 Å². The summed E-state index contributed by atoms with van der Waals surface area (Å²) in [5.74, 6) is 1.24. The van der Waals surface area contributed by atoms with Gasteiger partial charge >= 0.3 is 0 Å². The van der Waals surface area contributed by atoms with Gasteiger partial charge in [-0.2, -0.15) is 5.26 Å². The summed E-state index contributed by atoms with van der Waals surface area (Å²) in [5, 5.41) is 30.2. The summed E-state index contributed by atoms with van der Waals surface area (Å²) in [7, 11) is 0. The Morgan fingerprint density at radius 1 is 1.23 bits per heavy atom. The number of nitrogens with zero attached hydrogens (tertiary/aromatic N) is 8. The number of tetrazole rings is 1. The van der Waals surface area contributed by atoms with E-state index >= 15 is 0 Å². The lowest BCUT2D eigenvalue weighted by Gasteiger charge is -2.46. The van der Waals surface area contributed by atoms with E-state index in [1.165, 1.54) is 6.33 Å². The van der Waals surface area contributed by atoms with Crippen LogP contribution in [0.3, 0.4) is 0 Å². The second kappa shape index (κ2) is 12.6. The molecule has 1 aromatic carbocycles. The van der Waals surface area contributed by atoms with Crippen LogP contribution in [-0.4, -0.2) is 70.9 Å². The highest BCUT2D eigenvalue weighted by Crippen LogP contribution is 2.40. The normalized spacial score (nSPS) is 24.4. The van der Waals surface area contributed by atoms with E-state index in [4.69, 9.17) is 9.47 Å².